The fraction of sp³-hybridized carbons (Fsp3) is 0.188. The second-order valence-corrected chi connectivity index (χ2v) is 4.94. The number of aromatic nitrogens is 3. The number of hydrogen-bond acceptors (Lipinski definition) is 7. The van der Waals surface area contributed by atoms with Crippen molar-refractivity contribution < 1.29 is 9.53 Å². The second-order valence-electron chi connectivity index (χ2n) is 4.94. The van der Waals surface area contributed by atoms with E-state index in [2.05, 4.69) is 20.5 Å². The zero-order chi connectivity index (χ0) is 16.9. The number of ether oxygens (including phenoxy) is 1. The number of carbonyl (C=O) groups excluding carboxylic acids is 1. The molecule has 2 aromatic heterocycles. The van der Waals surface area contributed by atoms with Gasteiger partial charge in [0, 0.05) is 11.9 Å². The van der Waals surface area contributed by atoms with Crippen molar-refractivity contribution in [3.05, 3.63) is 47.5 Å². The number of pyridine rings is 1. The van der Waals surface area contributed by atoms with Crippen LogP contribution in [-0.2, 0) is 16.1 Å². The molecule has 3 rings (SSSR count). The lowest BCUT2D eigenvalue weighted by Crippen LogP contribution is -2.15. The number of nitroso groups, excluding NO2 is 1. The van der Waals surface area contributed by atoms with Crippen LogP contribution in [0.5, 0.6) is 0 Å². The van der Waals surface area contributed by atoms with Crippen molar-refractivity contribution >= 4 is 34.5 Å². The first-order valence-corrected chi connectivity index (χ1v) is 7.38. The highest BCUT2D eigenvalue weighted by atomic mass is 16.5. The third-order valence-electron chi connectivity index (χ3n) is 3.33. The zero-order valence-corrected chi connectivity index (χ0v) is 13.0. The summed E-state index contributed by atoms with van der Waals surface area (Å²) in [5.74, 6) is 0.0922. The van der Waals surface area contributed by atoms with Crippen molar-refractivity contribution in [2.24, 2.45) is 5.18 Å². The van der Waals surface area contributed by atoms with Crippen molar-refractivity contribution in [3.8, 4) is 0 Å². The normalized spacial score (nSPS) is 10.5. The number of anilines is 2. The van der Waals surface area contributed by atoms with Crippen molar-refractivity contribution in [2.75, 3.05) is 11.9 Å². The van der Waals surface area contributed by atoms with E-state index in [9.17, 15) is 9.70 Å². The van der Waals surface area contributed by atoms with E-state index in [4.69, 9.17) is 4.74 Å². The molecule has 122 valence electrons. The summed E-state index contributed by atoms with van der Waals surface area (Å²) in [6.45, 7) is 2.06. The monoisotopic (exact) mass is 325 g/mol. The van der Waals surface area contributed by atoms with Gasteiger partial charge in [-0.05, 0) is 48.5 Å². The number of nitrogens with zero attached hydrogens (tertiary/aromatic N) is 4. The minimum Gasteiger partial charge on any atom is -0.465 e. The summed E-state index contributed by atoms with van der Waals surface area (Å²) in [5, 5.41) is 5.98. The van der Waals surface area contributed by atoms with Crippen LogP contribution >= 0.6 is 0 Å². The Morgan fingerprint density at radius 2 is 2.08 bits per heavy atom. The molecule has 0 spiro atoms. The minimum absolute atomic E-state index is 0.00232. The maximum atomic E-state index is 11.9. The largest absolute Gasteiger partial charge is 0.465 e. The molecule has 1 aromatic carbocycles. The summed E-state index contributed by atoms with van der Waals surface area (Å²) in [7, 11) is 0. The summed E-state index contributed by atoms with van der Waals surface area (Å²) >= 11 is 0. The lowest BCUT2D eigenvalue weighted by Gasteiger charge is -2.10. The maximum absolute atomic E-state index is 11.9. The molecule has 3 aromatic rings. The number of nitrogens with one attached hydrogen (secondary N) is 1. The van der Waals surface area contributed by atoms with Gasteiger partial charge in [-0.3, -0.25) is 9.36 Å². The lowest BCUT2D eigenvalue weighted by molar-refractivity contribution is -0.143. The summed E-state index contributed by atoms with van der Waals surface area (Å²) in [6, 6.07) is 10.2. The molecule has 0 aliphatic heterocycles. The number of fused-ring (bicyclic) bond motifs is 1. The molecule has 8 heteroatoms. The minimum atomic E-state index is -0.369. The van der Waals surface area contributed by atoms with Gasteiger partial charge in [0.2, 0.25) is 5.95 Å². The molecule has 0 amide bonds. The van der Waals surface area contributed by atoms with E-state index >= 15 is 0 Å². The molecule has 0 saturated heterocycles. The van der Waals surface area contributed by atoms with Gasteiger partial charge in [0.1, 0.15) is 17.7 Å². The van der Waals surface area contributed by atoms with Crippen LogP contribution in [-0.4, -0.2) is 27.1 Å². The molecule has 8 nitrogen and oxygen atoms in total. The highest BCUT2D eigenvalue weighted by molar-refractivity contribution is 5.79. The summed E-state index contributed by atoms with van der Waals surface area (Å²) < 4.78 is 6.66. The third-order valence-corrected chi connectivity index (χ3v) is 3.33. The number of esters is 1. The van der Waals surface area contributed by atoms with Gasteiger partial charge >= 0.3 is 5.97 Å². The average Bonchev–Trinajstić information content (AvgIpc) is 2.93. The second kappa shape index (κ2) is 6.86. The Labute approximate surface area is 137 Å². The Bertz CT molecular complexity index is 873. The van der Waals surface area contributed by atoms with Crippen LogP contribution in [0.4, 0.5) is 17.3 Å². The lowest BCUT2D eigenvalue weighted by atomic mass is 10.3. The first-order valence-electron chi connectivity index (χ1n) is 7.38. The predicted molar refractivity (Wildman–Crippen MR) is 89.3 cm³/mol. The van der Waals surface area contributed by atoms with Gasteiger partial charge in [0.25, 0.3) is 0 Å². The Kier molecular flexibility index (Phi) is 4.46. The van der Waals surface area contributed by atoms with E-state index in [1.807, 2.05) is 6.07 Å². The molecular formula is C16H15N5O3. The summed E-state index contributed by atoms with van der Waals surface area (Å²) in [5.41, 5.74) is 2.29. The fourth-order valence-corrected chi connectivity index (χ4v) is 2.27. The number of benzene rings is 1. The molecule has 0 radical (unpaired) electrons. The van der Waals surface area contributed by atoms with Crippen LogP contribution in [0.15, 0.2) is 47.8 Å². The molecule has 0 fully saturated rings. The van der Waals surface area contributed by atoms with E-state index in [0.29, 0.717) is 35.1 Å². The Morgan fingerprint density at radius 1 is 1.29 bits per heavy atom. The fourth-order valence-electron chi connectivity index (χ4n) is 2.27. The molecule has 1 N–H and O–H groups in total. The van der Waals surface area contributed by atoms with Crippen LogP contribution in [0.1, 0.15) is 6.92 Å². The Morgan fingerprint density at radius 3 is 2.79 bits per heavy atom. The molecule has 0 aliphatic rings. The van der Waals surface area contributed by atoms with E-state index in [1.165, 1.54) is 0 Å². The van der Waals surface area contributed by atoms with E-state index in [0.717, 1.165) is 0 Å². The SMILES string of the molecule is CCOC(=O)Cn1c(Nc2ccc(N=O)cc2)nc2cccnc21. The Hall–Kier alpha value is -3.29. The number of hydrogen-bond donors (Lipinski definition) is 1. The van der Waals surface area contributed by atoms with Crippen LogP contribution in [0, 0.1) is 4.91 Å². The van der Waals surface area contributed by atoms with Crippen molar-refractivity contribution in [1.82, 2.24) is 14.5 Å². The highest BCUT2D eigenvalue weighted by Crippen LogP contribution is 2.23. The Balaban J connectivity index is 1.95. The first kappa shape index (κ1) is 15.6. The van der Waals surface area contributed by atoms with Crippen LogP contribution in [0.3, 0.4) is 0 Å². The molecule has 24 heavy (non-hydrogen) atoms. The van der Waals surface area contributed by atoms with Crippen LogP contribution in [0.2, 0.25) is 0 Å². The molecular weight excluding hydrogens is 310 g/mol. The van der Waals surface area contributed by atoms with E-state index < -0.39 is 0 Å². The topological polar surface area (TPSA) is 98.5 Å². The third kappa shape index (κ3) is 3.22. The van der Waals surface area contributed by atoms with E-state index in [1.54, 1.807) is 48.0 Å². The molecule has 0 atom stereocenters. The van der Waals surface area contributed by atoms with Gasteiger partial charge in [-0.1, -0.05) is 0 Å². The number of imidazole rings is 1. The van der Waals surface area contributed by atoms with Gasteiger partial charge in [-0.2, -0.15) is 0 Å². The smallest absolute Gasteiger partial charge is 0.326 e. The van der Waals surface area contributed by atoms with E-state index in [-0.39, 0.29) is 12.5 Å². The quantitative estimate of drug-likeness (QED) is 0.552. The molecule has 2 heterocycles. The highest BCUT2D eigenvalue weighted by Gasteiger charge is 2.15. The molecule has 0 aliphatic carbocycles. The van der Waals surface area contributed by atoms with Gasteiger partial charge in [0.05, 0.1) is 6.61 Å². The summed E-state index contributed by atoms with van der Waals surface area (Å²) in [4.78, 5) is 31.1. The van der Waals surface area contributed by atoms with Gasteiger partial charge in [-0.15, -0.1) is 4.91 Å². The van der Waals surface area contributed by atoms with Crippen molar-refractivity contribution in [1.29, 1.82) is 0 Å². The van der Waals surface area contributed by atoms with Crippen LogP contribution in [0.25, 0.3) is 11.2 Å². The zero-order valence-electron chi connectivity index (χ0n) is 13.0. The predicted octanol–water partition coefficient (Wildman–Crippen LogP) is 3.14. The van der Waals surface area contributed by atoms with Gasteiger partial charge in [-0.25, -0.2) is 9.97 Å². The standard InChI is InChI=1S/C16H15N5O3/c1-2-24-14(22)10-21-15-13(4-3-9-17-15)19-16(21)18-11-5-7-12(20-23)8-6-11/h3-9H,2,10H2,1H3,(H,18,19). The van der Waals surface area contributed by atoms with Gasteiger partial charge in [0.15, 0.2) is 5.65 Å². The molecule has 0 bridgehead atoms. The van der Waals surface area contributed by atoms with Crippen molar-refractivity contribution in [3.63, 3.8) is 0 Å². The average molecular weight is 325 g/mol. The van der Waals surface area contributed by atoms with Crippen LogP contribution < -0.4 is 5.32 Å². The number of carbonyl (C=O) groups is 1. The number of rotatable bonds is 6. The maximum Gasteiger partial charge on any atom is 0.326 e. The van der Waals surface area contributed by atoms with Gasteiger partial charge < -0.3 is 10.1 Å². The summed E-state index contributed by atoms with van der Waals surface area (Å²) in [6.07, 6.45) is 1.64. The van der Waals surface area contributed by atoms with Crippen molar-refractivity contribution in [2.45, 2.75) is 13.5 Å². The first-order chi connectivity index (χ1) is 11.7. The molecule has 0 saturated carbocycles. The molecule has 0 unspecified atom stereocenters.